The van der Waals surface area contributed by atoms with Gasteiger partial charge in [0.15, 0.2) is 23.0 Å². The van der Waals surface area contributed by atoms with Gasteiger partial charge in [0.25, 0.3) is 0 Å². The molecule has 0 unspecified atom stereocenters. The highest BCUT2D eigenvalue weighted by Gasteiger charge is 2.38. The van der Waals surface area contributed by atoms with Gasteiger partial charge in [-0.25, -0.2) is 0 Å². The zero-order valence-electron chi connectivity index (χ0n) is 19.3. The average molecular weight is 454 g/mol. The highest BCUT2D eigenvalue weighted by Crippen LogP contribution is 2.54. The Bertz CT molecular complexity index is 1310. The zero-order valence-corrected chi connectivity index (χ0v) is 19.3. The Kier molecular flexibility index (Phi) is 4.51. The lowest BCUT2D eigenvalue weighted by atomic mass is 9.80. The molecule has 4 aliphatic heterocycles. The van der Waals surface area contributed by atoms with Crippen LogP contribution in [0, 0.1) is 0 Å². The first-order chi connectivity index (χ1) is 16.8. The molecule has 3 aromatic carbocycles. The molecular formula is C29H27NO4. The molecule has 3 aromatic rings. The maximum atomic E-state index is 5.99. The van der Waals surface area contributed by atoms with Gasteiger partial charge < -0.3 is 23.8 Å². The van der Waals surface area contributed by atoms with E-state index in [1.807, 2.05) is 0 Å². The SMILES string of the molecule is C[C@@H]1c2c(ccc3c2OCO3)C(CCCc2ccccc2)=C2c3cc4c(cc3CCN21)OCO4. The molecule has 0 bridgehead atoms. The Morgan fingerprint density at radius 3 is 2.50 bits per heavy atom. The third kappa shape index (κ3) is 2.99. The molecule has 0 aliphatic carbocycles. The number of nitrogens with zero attached hydrogens (tertiary/aromatic N) is 1. The molecule has 0 N–H and O–H groups in total. The molecule has 172 valence electrons. The van der Waals surface area contributed by atoms with Crippen LogP contribution in [0.15, 0.2) is 54.6 Å². The topological polar surface area (TPSA) is 40.2 Å². The predicted octanol–water partition coefficient (Wildman–Crippen LogP) is 5.97. The van der Waals surface area contributed by atoms with Crippen LogP contribution in [0.2, 0.25) is 0 Å². The maximum absolute atomic E-state index is 5.99. The van der Waals surface area contributed by atoms with E-state index in [0.29, 0.717) is 13.6 Å². The van der Waals surface area contributed by atoms with Gasteiger partial charge in [-0.3, -0.25) is 0 Å². The minimum Gasteiger partial charge on any atom is -0.454 e. The van der Waals surface area contributed by atoms with Crippen molar-refractivity contribution in [2.24, 2.45) is 0 Å². The monoisotopic (exact) mass is 453 g/mol. The quantitative estimate of drug-likeness (QED) is 0.487. The highest BCUT2D eigenvalue weighted by atomic mass is 16.7. The fourth-order valence-electron chi connectivity index (χ4n) is 5.96. The molecule has 0 fully saturated rings. The van der Waals surface area contributed by atoms with Crippen molar-refractivity contribution in [3.8, 4) is 23.0 Å². The van der Waals surface area contributed by atoms with Crippen molar-refractivity contribution in [3.05, 3.63) is 82.4 Å². The summed E-state index contributed by atoms with van der Waals surface area (Å²) in [6.07, 6.45) is 4.12. The van der Waals surface area contributed by atoms with Crippen molar-refractivity contribution in [2.45, 2.75) is 38.6 Å². The van der Waals surface area contributed by atoms with Crippen LogP contribution in [0.3, 0.4) is 0 Å². The van der Waals surface area contributed by atoms with Crippen LogP contribution in [-0.4, -0.2) is 25.0 Å². The fourth-order valence-corrected chi connectivity index (χ4v) is 5.96. The van der Waals surface area contributed by atoms with E-state index in [-0.39, 0.29) is 6.04 Å². The summed E-state index contributed by atoms with van der Waals surface area (Å²) in [5.74, 6) is 3.49. The maximum Gasteiger partial charge on any atom is 0.231 e. The largest absolute Gasteiger partial charge is 0.454 e. The molecule has 0 saturated carbocycles. The van der Waals surface area contributed by atoms with Gasteiger partial charge in [0.2, 0.25) is 13.6 Å². The molecular weight excluding hydrogens is 426 g/mol. The number of aryl methyl sites for hydroxylation is 1. The van der Waals surface area contributed by atoms with Gasteiger partial charge in [-0.05, 0) is 73.1 Å². The van der Waals surface area contributed by atoms with Gasteiger partial charge in [0, 0.05) is 23.4 Å². The van der Waals surface area contributed by atoms with E-state index in [4.69, 9.17) is 18.9 Å². The normalized spacial score (nSPS) is 19.1. The number of hydrogen-bond donors (Lipinski definition) is 0. The number of rotatable bonds is 4. The smallest absolute Gasteiger partial charge is 0.231 e. The molecule has 7 rings (SSSR count). The van der Waals surface area contributed by atoms with Crippen LogP contribution in [0.4, 0.5) is 0 Å². The Labute approximate surface area is 199 Å². The summed E-state index contributed by atoms with van der Waals surface area (Å²) < 4.78 is 23.2. The third-order valence-electron chi connectivity index (χ3n) is 7.57. The lowest BCUT2D eigenvalue weighted by Crippen LogP contribution is -2.35. The van der Waals surface area contributed by atoms with E-state index < -0.39 is 0 Å². The molecule has 4 aliphatic rings. The highest BCUT2D eigenvalue weighted by molar-refractivity contribution is 5.95. The lowest BCUT2D eigenvalue weighted by Gasteiger charge is -2.44. The van der Waals surface area contributed by atoms with Gasteiger partial charge in [0.1, 0.15) is 0 Å². The lowest BCUT2D eigenvalue weighted by molar-refractivity contribution is 0.171. The minimum atomic E-state index is 0.207. The van der Waals surface area contributed by atoms with Crippen LogP contribution in [0.1, 0.15) is 53.6 Å². The van der Waals surface area contributed by atoms with Gasteiger partial charge in [0.05, 0.1) is 6.04 Å². The molecule has 5 heteroatoms. The second kappa shape index (κ2) is 7.73. The molecule has 34 heavy (non-hydrogen) atoms. The second-order valence-corrected chi connectivity index (χ2v) is 9.41. The van der Waals surface area contributed by atoms with Gasteiger partial charge in [-0.15, -0.1) is 0 Å². The van der Waals surface area contributed by atoms with E-state index in [1.165, 1.54) is 39.1 Å². The Hall–Kier alpha value is -3.60. The van der Waals surface area contributed by atoms with E-state index in [9.17, 15) is 0 Å². The van der Waals surface area contributed by atoms with Gasteiger partial charge in [-0.2, -0.15) is 0 Å². The Balaban J connectivity index is 1.38. The molecule has 5 nitrogen and oxygen atoms in total. The first kappa shape index (κ1) is 19.8. The number of benzene rings is 3. The van der Waals surface area contributed by atoms with Crippen molar-refractivity contribution in [1.29, 1.82) is 0 Å². The van der Waals surface area contributed by atoms with Crippen LogP contribution in [0.25, 0.3) is 11.3 Å². The molecule has 0 saturated heterocycles. The number of allylic oxidation sites excluding steroid dienone is 1. The Morgan fingerprint density at radius 2 is 1.62 bits per heavy atom. The van der Waals surface area contributed by atoms with Crippen LogP contribution in [-0.2, 0) is 12.8 Å². The van der Waals surface area contributed by atoms with Crippen molar-refractivity contribution in [3.63, 3.8) is 0 Å². The number of ether oxygens (including phenoxy) is 4. The van der Waals surface area contributed by atoms with Crippen LogP contribution >= 0.6 is 0 Å². The molecule has 0 spiro atoms. The van der Waals surface area contributed by atoms with E-state index in [2.05, 4.69) is 66.4 Å². The average Bonchev–Trinajstić information content (AvgIpc) is 3.53. The van der Waals surface area contributed by atoms with Crippen molar-refractivity contribution in [1.82, 2.24) is 4.90 Å². The number of fused-ring (bicyclic) bond motifs is 7. The summed E-state index contributed by atoms with van der Waals surface area (Å²) in [6, 6.07) is 19.7. The molecule has 1 atom stereocenters. The van der Waals surface area contributed by atoms with Crippen LogP contribution in [0.5, 0.6) is 23.0 Å². The van der Waals surface area contributed by atoms with Gasteiger partial charge in [-0.1, -0.05) is 36.4 Å². The summed E-state index contributed by atoms with van der Waals surface area (Å²) >= 11 is 0. The van der Waals surface area contributed by atoms with Crippen molar-refractivity contribution >= 4 is 11.3 Å². The predicted molar refractivity (Wildman–Crippen MR) is 130 cm³/mol. The molecule has 4 heterocycles. The van der Waals surface area contributed by atoms with Gasteiger partial charge >= 0.3 is 0 Å². The summed E-state index contributed by atoms with van der Waals surface area (Å²) in [5.41, 5.74) is 9.29. The second-order valence-electron chi connectivity index (χ2n) is 9.41. The zero-order chi connectivity index (χ0) is 22.6. The standard InChI is InChI=1S/C29H27NO4/c1-18-27-21(10-11-24-29(27)34-17-31-24)22(9-5-8-19-6-3-2-4-7-19)28-23-15-26-25(32-16-33-26)14-20(23)12-13-30(18)28/h2-4,6-7,10-11,14-15,18H,5,8-9,12-13,16-17H2,1H3/t18-/m1/s1. The Morgan fingerprint density at radius 1 is 0.824 bits per heavy atom. The molecule has 0 amide bonds. The molecule has 0 aromatic heterocycles. The van der Waals surface area contributed by atoms with E-state index in [0.717, 1.165) is 55.2 Å². The summed E-state index contributed by atoms with van der Waals surface area (Å²) in [7, 11) is 0. The fraction of sp³-hybridized carbons (Fsp3) is 0.310. The third-order valence-corrected chi connectivity index (χ3v) is 7.57. The first-order valence-electron chi connectivity index (χ1n) is 12.2. The number of hydrogen-bond acceptors (Lipinski definition) is 5. The summed E-state index contributed by atoms with van der Waals surface area (Å²) in [5, 5.41) is 0. The van der Waals surface area contributed by atoms with Crippen molar-refractivity contribution < 1.29 is 18.9 Å². The summed E-state index contributed by atoms with van der Waals surface area (Å²) in [6.45, 7) is 3.85. The first-order valence-corrected chi connectivity index (χ1v) is 12.2. The van der Waals surface area contributed by atoms with Crippen LogP contribution < -0.4 is 18.9 Å². The minimum absolute atomic E-state index is 0.207. The summed E-state index contributed by atoms with van der Waals surface area (Å²) in [4.78, 5) is 2.56. The molecule has 0 radical (unpaired) electrons. The van der Waals surface area contributed by atoms with E-state index >= 15 is 0 Å². The van der Waals surface area contributed by atoms with E-state index in [1.54, 1.807) is 0 Å². The van der Waals surface area contributed by atoms with Crippen molar-refractivity contribution in [2.75, 3.05) is 20.1 Å².